The second-order valence-corrected chi connectivity index (χ2v) is 2.51. The second kappa shape index (κ2) is 4.36. The van der Waals surface area contributed by atoms with E-state index in [0.29, 0.717) is 0 Å². The van der Waals surface area contributed by atoms with Crippen molar-refractivity contribution in [3.05, 3.63) is 45.4 Å². The molecule has 0 bridgehead atoms. The van der Waals surface area contributed by atoms with Crippen LogP contribution in [0.25, 0.3) is 0 Å². The lowest BCUT2D eigenvalue weighted by molar-refractivity contribution is -0.394. The maximum Gasteiger partial charge on any atom is 0.317 e. The highest BCUT2D eigenvalue weighted by Gasteiger charge is 2.19. The predicted octanol–water partition coefficient (Wildman–Crippen LogP) is 1.72. The van der Waals surface area contributed by atoms with Crippen LogP contribution in [0.4, 0.5) is 11.4 Å². The molecule has 0 saturated carbocycles. The number of hydrogen-bond acceptors (Lipinski definition) is 5. The van der Waals surface area contributed by atoms with Crippen LogP contribution >= 0.6 is 0 Å². The van der Waals surface area contributed by atoms with Crippen molar-refractivity contribution in [1.29, 1.82) is 0 Å². The van der Waals surface area contributed by atoms with Crippen LogP contribution < -0.4 is 4.74 Å². The first-order chi connectivity index (χ1) is 7.06. The van der Waals surface area contributed by atoms with Gasteiger partial charge in [-0.25, -0.2) is 0 Å². The monoisotopic (exact) mass is 211 g/mol. The van der Waals surface area contributed by atoms with Crippen molar-refractivity contribution >= 4 is 11.4 Å². The second-order valence-electron chi connectivity index (χ2n) is 2.51. The molecule has 0 aliphatic heterocycles. The van der Waals surface area contributed by atoms with Gasteiger partial charge in [-0.3, -0.25) is 20.2 Å². The highest BCUT2D eigenvalue weighted by molar-refractivity contribution is 5.53. The highest BCUT2D eigenvalue weighted by atomic mass is 16.6. The number of nitro benzene ring substituents is 2. The Bertz CT molecular complexity index is 404. The molecule has 0 aliphatic rings. The van der Waals surface area contributed by atoms with Crippen LogP contribution in [0.5, 0.6) is 5.75 Å². The summed E-state index contributed by atoms with van der Waals surface area (Å²) in [5, 5.41) is 20.9. The number of nitro groups is 2. The molecule has 0 atom stereocenters. The van der Waals surface area contributed by atoms with Crippen molar-refractivity contribution in [2.45, 2.75) is 0 Å². The fourth-order valence-electron chi connectivity index (χ4n) is 0.994. The van der Waals surface area contributed by atoms with Crippen LogP contribution in [0.3, 0.4) is 0 Å². The van der Waals surface area contributed by atoms with Crippen LogP contribution in [-0.2, 0) is 0 Å². The summed E-state index contributed by atoms with van der Waals surface area (Å²) >= 11 is 0. The number of hydrogen-bond donors (Lipinski definition) is 0. The van der Waals surface area contributed by atoms with E-state index in [9.17, 15) is 20.2 Å². The molecule has 0 aliphatic carbocycles. The van der Waals surface area contributed by atoms with Gasteiger partial charge in [0.15, 0.2) is 5.75 Å². The SMILES string of the molecule is [CH2]COc1ccc([N+](=O)[O-])cc1[N+](=O)[O-]. The number of benzene rings is 1. The third-order valence-electron chi connectivity index (χ3n) is 1.61. The normalized spacial score (nSPS) is 9.67. The van der Waals surface area contributed by atoms with Crippen LogP contribution in [0.1, 0.15) is 0 Å². The number of rotatable bonds is 4. The zero-order valence-corrected chi connectivity index (χ0v) is 7.58. The van der Waals surface area contributed by atoms with E-state index >= 15 is 0 Å². The van der Waals surface area contributed by atoms with Gasteiger partial charge >= 0.3 is 5.69 Å². The van der Waals surface area contributed by atoms with Gasteiger partial charge in [-0.2, -0.15) is 0 Å². The summed E-state index contributed by atoms with van der Waals surface area (Å²) in [7, 11) is 0. The average molecular weight is 211 g/mol. The predicted molar refractivity (Wildman–Crippen MR) is 50.6 cm³/mol. The standard InChI is InChI=1S/C8H7N2O5/c1-2-15-8-4-3-6(9(11)12)5-7(8)10(13)14/h3-5H,1-2H2. The van der Waals surface area contributed by atoms with Crippen LogP contribution in [0, 0.1) is 27.2 Å². The third-order valence-corrected chi connectivity index (χ3v) is 1.61. The van der Waals surface area contributed by atoms with Crippen LogP contribution in [-0.4, -0.2) is 16.5 Å². The molecule has 0 heterocycles. The van der Waals surface area contributed by atoms with Crippen LogP contribution in [0.15, 0.2) is 18.2 Å². The third kappa shape index (κ3) is 2.39. The molecule has 15 heavy (non-hydrogen) atoms. The summed E-state index contributed by atoms with van der Waals surface area (Å²) in [4.78, 5) is 19.5. The molecule has 0 aromatic heterocycles. The van der Waals surface area contributed by atoms with E-state index in [4.69, 9.17) is 4.74 Å². The summed E-state index contributed by atoms with van der Waals surface area (Å²) in [5.74, 6) is -0.0272. The summed E-state index contributed by atoms with van der Waals surface area (Å²) < 4.78 is 4.86. The summed E-state index contributed by atoms with van der Waals surface area (Å²) in [6, 6.07) is 3.17. The largest absolute Gasteiger partial charge is 0.487 e. The number of nitrogens with zero attached hydrogens (tertiary/aromatic N) is 2. The zero-order chi connectivity index (χ0) is 11.4. The molecular weight excluding hydrogens is 204 g/mol. The van der Waals surface area contributed by atoms with Crippen molar-refractivity contribution in [2.75, 3.05) is 6.61 Å². The van der Waals surface area contributed by atoms with Gasteiger partial charge in [0.1, 0.15) is 0 Å². The lowest BCUT2D eigenvalue weighted by Gasteiger charge is -2.02. The Morgan fingerprint density at radius 3 is 2.40 bits per heavy atom. The maximum atomic E-state index is 10.6. The molecule has 0 fully saturated rings. The fourth-order valence-corrected chi connectivity index (χ4v) is 0.994. The Morgan fingerprint density at radius 2 is 1.93 bits per heavy atom. The summed E-state index contributed by atoms with van der Waals surface area (Å²) in [6.07, 6.45) is 0. The summed E-state index contributed by atoms with van der Waals surface area (Å²) in [6.45, 7) is 3.37. The van der Waals surface area contributed by atoms with E-state index in [0.717, 1.165) is 12.1 Å². The molecule has 1 rings (SSSR count). The minimum atomic E-state index is -0.738. The summed E-state index contributed by atoms with van der Waals surface area (Å²) in [5.41, 5.74) is -0.786. The highest BCUT2D eigenvalue weighted by Crippen LogP contribution is 2.30. The van der Waals surface area contributed by atoms with E-state index < -0.39 is 15.5 Å². The Kier molecular flexibility index (Phi) is 3.17. The molecule has 0 saturated heterocycles. The van der Waals surface area contributed by atoms with Gasteiger partial charge in [-0.05, 0) is 13.0 Å². The minimum Gasteiger partial charge on any atom is -0.487 e. The lowest BCUT2D eigenvalue weighted by Crippen LogP contribution is -1.98. The molecule has 7 heteroatoms. The number of non-ortho nitro benzene ring substituents is 1. The van der Waals surface area contributed by atoms with Crippen molar-refractivity contribution in [2.24, 2.45) is 0 Å². The van der Waals surface area contributed by atoms with E-state index in [1.54, 1.807) is 0 Å². The Morgan fingerprint density at radius 1 is 1.27 bits per heavy atom. The molecule has 0 amide bonds. The molecular formula is C8H7N2O5. The molecule has 0 unspecified atom stereocenters. The molecule has 1 aromatic rings. The quantitative estimate of drug-likeness (QED) is 0.558. The van der Waals surface area contributed by atoms with Gasteiger partial charge in [0.05, 0.1) is 22.5 Å². The Labute approximate surface area is 84.6 Å². The molecule has 7 nitrogen and oxygen atoms in total. The van der Waals surface area contributed by atoms with Gasteiger partial charge in [-0.1, -0.05) is 0 Å². The first-order valence-corrected chi connectivity index (χ1v) is 3.91. The van der Waals surface area contributed by atoms with Gasteiger partial charge < -0.3 is 4.74 Å². The van der Waals surface area contributed by atoms with Gasteiger partial charge in [0.25, 0.3) is 5.69 Å². The minimum absolute atomic E-state index is 0.0126. The molecule has 1 aromatic carbocycles. The average Bonchev–Trinajstić information content (AvgIpc) is 2.18. The smallest absolute Gasteiger partial charge is 0.317 e. The fraction of sp³-hybridized carbons (Fsp3) is 0.125. The van der Waals surface area contributed by atoms with Crippen molar-refractivity contribution in [3.63, 3.8) is 0 Å². The maximum absolute atomic E-state index is 10.6. The first-order valence-electron chi connectivity index (χ1n) is 3.91. The topological polar surface area (TPSA) is 95.5 Å². The molecule has 1 radical (unpaired) electrons. The Hall–Kier alpha value is -2.18. The van der Waals surface area contributed by atoms with Crippen molar-refractivity contribution in [1.82, 2.24) is 0 Å². The first kappa shape index (κ1) is 10.9. The Balaban J connectivity index is 3.20. The van der Waals surface area contributed by atoms with Crippen molar-refractivity contribution < 1.29 is 14.6 Å². The van der Waals surface area contributed by atoms with E-state index in [1.807, 2.05) is 0 Å². The van der Waals surface area contributed by atoms with Gasteiger partial charge in [-0.15, -0.1) is 0 Å². The van der Waals surface area contributed by atoms with Gasteiger partial charge in [0.2, 0.25) is 0 Å². The lowest BCUT2D eigenvalue weighted by atomic mass is 10.2. The molecule has 0 N–H and O–H groups in total. The van der Waals surface area contributed by atoms with E-state index in [-0.39, 0.29) is 18.0 Å². The van der Waals surface area contributed by atoms with Crippen LogP contribution in [0.2, 0.25) is 0 Å². The zero-order valence-electron chi connectivity index (χ0n) is 7.58. The number of ether oxygens (including phenoxy) is 1. The van der Waals surface area contributed by atoms with Gasteiger partial charge in [0, 0.05) is 6.07 Å². The van der Waals surface area contributed by atoms with E-state index in [1.165, 1.54) is 6.07 Å². The molecule has 0 spiro atoms. The van der Waals surface area contributed by atoms with Crippen molar-refractivity contribution in [3.8, 4) is 5.75 Å². The molecule has 79 valence electrons. The van der Waals surface area contributed by atoms with E-state index in [2.05, 4.69) is 6.92 Å².